The van der Waals surface area contributed by atoms with Gasteiger partial charge in [-0.15, -0.1) is 0 Å². The zero-order valence-electron chi connectivity index (χ0n) is 26.6. The molecule has 232 valence electrons. The Morgan fingerprint density at radius 1 is 0.340 bits per heavy atom. The maximum atomic E-state index is 6.73. The summed E-state index contributed by atoms with van der Waals surface area (Å²) in [4.78, 5) is 15.7. The molecule has 8 aromatic carbocycles. The average Bonchev–Trinajstić information content (AvgIpc) is 3.76. The third kappa shape index (κ3) is 3.98. The minimum atomic E-state index is 0.578. The minimum absolute atomic E-state index is 0.578. The number of rotatable bonds is 3. The molecule has 0 aliphatic heterocycles. The molecule has 3 heterocycles. The summed E-state index contributed by atoms with van der Waals surface area (Å²) >= 11 is 0. The normalized spacial score (nSPS) is 12.0. The fourth-order valence-corrected chi connectivity index (χ4v) is 7.59. The number of hydrogen-bond acceptors (Lipinski definition) is 5. The number of fused-ring (bicyclic) bond motifs is 11. The van der Waals surface area contributed by atoms with Gasteiger partial charge in [0.05, 0.1) is 0 Å². The lowest BCUT2D eigenvalue weighted by molar-refractivity contribution is 0.669. The van der Waals surface area contributed by atoms with Crippen LogP contribution < -0.4 is 0 Å². The van der Waals surface area contributed by atoms with Crippen molar-refractivity contribution in [3.63, 3.8) is 0 Å². The third-order valence-electron chi connectivity index (χ3n) is 9.88. The molecule has 0 aliphatic rings. The number of para-hydroxylation sites is 2. The van der Waals surface area contributed by atoms with Crippen molar-refractivity contribution in [2.24, 2.45) is 0 Å². The topological polar surface area (TPSA) is 65.0 Å². The van der Waals surface area contributed by atoms with E-state index in [1.165, 1.54) is 0 Å². The van der Waals surface area contributed by atoms with Crippen molar-refractivity contribution in [1.82, 2.24) is 15.0 Å². The van der Waals surface area contributed by atoms with Crippen LogP contribution in [0.3, 0.4) is 0 Å². The number of furan rings is 2. The fraction of sp³-hybridized carbons (Fsp3) is 0. The SMILES string of the molecule is c1ccc2cc(-c3nc(-c4cccc5oc6ccccc6c45)nc(-c4cc5ccc6ccccc6c5c5oc6ccccc6c45)n3)ccc2c1. The van der Waals surface area contributed by atoms with E-state index in [4.69, 9.17) is 23.8 Å². The van der Waals surface area contributed by atoms with E-state index in [0.717, 1.165) is 92.9 Å². The smallest absolute Gasteiger partial charge is 0.164 e. The highest BCUT2D eigenvalue weighted by Gasteiger charge is 2.22. The molecule has 11 aromatic rings. The molecule has 3 aromatic heterocycles. The predicted octanol–water partition coefficient (Wildman–Crippen LogP) is 12.1. The van der Waals surface area contributed by atoms with Crippen molar-refractivity contribution in [3.05, 3.63) is 152 Å². The van der Waals surface area contributed by atoms with Crippen LogP contribution >= 0.6 is 0 Å². The van der Waals surface area contributed by atoms with E-state index in [1.807, 2.05) is 42.5 Å². The van der Waals surface area contributed by atoms with Gasteiger partial charge >= 0.3 is 0 Å². The van der Waals surface area contributed by atoms with E-state index in [1.54, 1.807) is 0 Å². The summed E-state index contributed by atoms with van der Waals surface area (Å²) in [5, 5.41) is 10.7. The molecule has 0 fully saturated rings. The zero-order valence-corrected chi connectivity index (χ0v) is 26.6. The third-order valence-corrected chi connectivity index (χ3v) is 9.88. The van der Waals surface area contributed by atoms with Crippen molar-refractivity contribution in [2.75, 3.05) is 0 Å². The van der Waals surface area contributed by atoms with Crippen LogP contribution in [0.1, 0.15) is 0 Å². The van der Waals surface area contributed by atoms with Crippen molar-refractivity contribution >= 4 is 76.2 Å². The molecular weight excluding hydrogens is 615 g/mol. The fourth-order valence-electron chi connectivity index (χ4n) is 7.59. The average molecular weight is 640 g/mol. The van der Waals surface area contributed by atoms with Crippen molar-refractivity contribution < 1.29 is 8.83 Å². The predicted molar refractivity (Wildman–Crippen MR) is 203 cm³/mol. The molecule has 0 unspecified atom stereocenters. The molecule has 5 heteroatoms. The largest absolute Gasteiger partial charge is 0.456 e. The lowest BCUT2D eigenvalue weighted by atomic mass is 9.95. The second-order valence-electron chi connectivity index (χ2n) is 12.8. The molecular formula is C45H25N3O2. The van der Waals surface area contributed by atoms with Gasteiger partial charge in [-0.2, -0.15) is 0 Å². The second-order valence-corrected chi connectivity index (χ2v) is 12.8. The van der Waals surface area contributed by atoms with Gasteiger partial charge in [0.25, 0.3) is 0 Å². The Balaban J connectivity index is 1.27. The van der Waals surface area contributed by atoms with Crippen molar-refractivity contribution in [3.8, 4) is 34.2 Å². The molecule has 0 N–H and O–H groups in total. The number of aromatic nitrogens is 3. The summed E-state index contributed by atoms with van der Waals surface area (Å²) < 4.78 is 13.0. The Bertz CT molecular complexity index is 3170. The quantitative estimate of drug-likeness (QED) is 0.180. The molecule has 50 heavy (non-hydrogen) atoms. The van der Waals surface area contributed by atoms with Crippen LogP contribution in [0, 0.1) is 0 Å². The lowest BCUT2D eigenvalue weighted by Gasteiger charge is -2.12. The van der Waals surface area contributed by atoms with Gasteiger partial charge < -0.3 is 8.83 Å². The van der Waals surface area contributed by atoms with Crippen molar-refractivity contribution in [1.29, 1.82) is 0 Å². The lowest BCUT2D eigenvalue weighted by Crippen LogP contribution is -2.01. The maximum absolute atomic E-state index is 6.73. The zero-order chi connectivity index (χ0) is 32.8. The summed E-state index contributed by atoms with van der Waals surface area (Å²) in [6, 6.07) is 52.1. The number of hydrogen-bond donors (Lipinski definition) is 0. The molecule has 5 nitrogen and oxygen atoms in total. The number of benzene rings is 8. The highest BCUT2D eigenvalue weighted by Crippen LogP contribution is 2.44. The summed E-state index contributed by atoms with van der Waals surface area (Å²) in [7, 11) is 0. The van der Waals surface area contributed by atoms with Crippen LogP contribution in [0.2, 0.25) is 0 Å². The van der Waals surface area contributed by atoms with Gasteiger partial charge in [0, 0.05) is 43.6 Å². The van der Waals surface area contributed by atoms with E-state index >= 15 is 0 Å². The Morgan fingerprint density at radius 2 is 0.940 bits per heavy atom. The molecule has 11 rings (SSSR count). The van der Waals surface area contributed by atoms with Crippen LogP contribution in [0.4, 0.5) is 0 Å². The highest BCUT2D eigenvalue weighted by atomic mass is 16.3. The van der Waals surface area contributed by atoms with Crippen LogP contribution in [0.15, 0.2) is 160 Å². The van der Waals surface area contributed by atoms with Crippen LogP contribution in [0.5, 0.6) is 0 Å². The Labute approximate surface area is 285 Å². The monoisotopic (exact) mass is 639 g/mol. The highest BCUT2D eigenvalue weighted by molar-refractivity contribution is 6.26. The molecule has 0 bridgehead atoms. The van der Waals surface area contributed by atoms with E-state index in [2.05, 4.69) is 109 Å². The molecule has 0 amide bonds. The first kappa shape index (κ1) is 27.1. The standard InChI is InChI=1S/C45H25N3O2/c1-2-12-28-24-30(23-20-26(28)10-1)43-46-44(34-16-9-19-38-40(34)32-14-5-7-17-36(32)49-38)48-45(47-43)35-25-29-22-21-27-11-3-4-13-31(27)39(29)42-41(35)33-15-6-8-18-37(33)50-42/h1-25H. The Morgan fingerprint density at radius 3 is 1.78 bits per heavy atom. The van der Waals surface area contributed by atoms with Crippen LogP contribution in [-0.4, -0.2) is 15.0 Å². The van der Waals surface area contributed by atoms with Crippen LogP contribution in [0.25, 0.3) is 110 Å². The van der Waals surface area contributed by atoms with Gasteiger partial charge in [0.15, 0.2) is 17.5 Å². The van der Waals surface area contributed by atoms with Gasteiger partial charge in [0.1, 0.15) is 22.3 Å². The van der Waals surface area contributed by atoms with Crippen molar-refractivity contribution in [2.45, 2.75) is 0 Å². The molecule has 0 spiro atoms. The molecule has 0 atom stereocenters. The van der Waals surface area contributed by atoms with Gasteiger partial charge in [-0.05, 0) is 57.3 Å². The first-order valence-electron chi connectivity index (χ1n) is 16.7. The molecule has 0 radical (unpaired) electrons. The summed E-state index contributed by atoms with van der Waals surface area (Å²) in [6.07, 6.45) is 0. The van der Waals surface area contributed by atoms with Crippen LogP contribution in [-0.2, 0) is 0 Å². The first-order valence-corrected chi connectivity index (χ1v) is 16.7. The Hall–Kier alpha value is -6.85. The molecule has 0 aliphatic carbocycles. The maximum Gasteiger partial charge on any atom is 0.164 e. The van der Waals surface area contributed by atoms with Gasteiger partial charge in [-0.1, -0.05) is 121 Å². The van der Waals surface area contributed by atoms with E-state index in [9.17, 15) is 0 Å². The molecule has 0 saturated heterocycles. The molecule has 0 saturated carbocycles. The first-order chi connectivity index (χ1) is 24.8. The summed E-state index contributed by atoms with van der Waals surface area (Å²) in [5.74, 6) is 1.75. The summed E-state index contributed by atoms with van der Waals surface area (Å²) in [6.45, 7) is 0. The van der Waals surface area contributed by atoms with Gasteiger partial charge in [-0.25, -0.2) is 15.0 Å². The Kier molecular flexibility index (Phi) is 5.60. The van der Waals surface area contributed by atoms with E-state index < -0.39 is 0 Å². The van der Waals surface area contributed by atoms with Gasteiger partial charge in [-0.3, -0.25) is 0 Å². The number of nitrogens with zero attached hydrogens (tertiary/aromatic N) is 3. The minimum Gasteiger partial charge on any atom is -0.456 e. The van der Waals surface area contributed by atoms with E-state index in [0.29, 0.717) is 17.5 Å². The summed E-state index contributed by atoms with van der Waals surface area (Å²) in [5.41, 5.74) is 5.96. The van der Waals surface area contributed by atoms with E-state index in [-0.39, 0.29) is 0 Å². The second kappa shape index (κ2) is 10.3. The van der Waals surface area contributed by atoms with Gasteiger partial charge in [0.2, 0.25) is 0 Å².